The highest BCUT2D eigenvalue weighted by Gasteiger charge is 2.30. The molecule has 3 aromatic heterocycles. The molecular weight excluding hydrogens is 590 g/mol. The van der Waals surface area contributed by atoms with E-state index in [1.807, 2.05) is 18.3 Å². The summed E-state index contributed by atoms with van der Waals surface area (Å²) in [5.41, 5.74) is 12.5. The van der Waals surface area contributed by atoms with Gasteiger partial charge in [-0.1, -0.05) is 101 Å². The molecule has 0 spiro atoms. The Balaban J connectivity index is 1.81. The molecular formula is C44H50FN3. The molecule has 6 aromatic rings. The number of hydrogen-bond acceptors (Lipinski definition) is 2. The fourth-order valence-electron chi connectivity index (χ4n) is 6.74. The normalized spacial score (nSPS) is 13.1. The van der Waals surface area contributed by atoms with E-state index in [-0.39, 0.29) is 21.7 Å². The van der Waals surface area contributed by atoms with Crippen molar-refractivity contribution in [1.82, 2.24) is 15.0 Å². The van der Waals surface area contributed by atoms with Gasteiger partial charge in [-0.15, -0.1) is 0 Å². The van der Waals surface area contributed by atoms with Gasteiger partial charge in [-0.25, -0.2) is 4.98 Å². The zero-order valence-electron chi connectivity index (χ0n) is 30.8. The van der Waals surface area contributed by atoms with Gasteiger partial charge < -0.3 is 4.98 Å². The van der Waals surface area contributed by atoms with Crippen LogP contribution >= 0.6 is 0 Å². The summed E-state index contributed by atoms with van der Waals surface area (Å²) in [5, 5.41) is 2.39. The van der Waals surface area contributed by atoms with Crippen LogP contribution in [-0.2, 0) is 21.7 Å². The first-order valence-electron chi connectivity index (χ1n) is 17.1. The standard InChI is InChI=1S/C44H50FN3/c1-41(2,3)26-20-29(28-24-32(37-17-15-18-38(45)47-37)35(44(10,11)12)25-34(28)43(7,8)9)39-30(21-26)31-22-27(42(4,5)6)23-33(40(31)48-39)36-16-13-14-19-46-36/h13-25,48H,1-12H3. The van der Waals surface area contributed by atoms with Crippen LogP contribution in [0.1, 0.15) is 105 Å². The van der Waals surface area contributed by atoms with E-state index in [2.05, 4.69) is 142 Å². The van der Waals surface area contributed by atoms with Gasteiger partial charge in [-0.05, 0) is 104 Å². The van der Waals surface area contributed by atoms with Crippen LogP contribution in [0, 0.1) is 5.95 Å². The Morgan fingerprint density at radius 3 is 1.56 bits per heavy atom. The van der Waals surface area contributed by atoms with Crippen molar-refractivity contribution in [1.29, 1.82) is 0 Å². The third-order valence-corrected chi connectivity index (χ3v) is 9.54. The van der Waals surface area contributed by atoms with Gasteiger partial charge in [0.05, 0.1) is 22.4 Å². The largest absolute Gasteiger partial charge is 0.353 e. The number of aromatic nitrogens is 3. The lowest BCUT2D eigenvalue weighted by molar-refractivity contribution is 0.568. The van der Waals surface area contributed by atoms with E-state index in [1.165, 1.54) is 33.5 Å². The van der Waals surface area contributed by atoms with Crippen molar-refractivity contribution in [2.45, 2.75) is 105 Å². The fourth-order valence-corrected chi connectivity index (χ4v) is 6.74. The van der Waals surface area contributed by atoms with Crippen LogP contribution in [0.2, 0.25) is 0 Å². The molecule has 0 radical (unpaired) electrons. The smallest absolute Gasteiger partial charge is 0.213 e. The minimum atomic E-state index is -0.474. The van der Waals surface area contributed by atoms with Crippen molar-refractivity contribution in [3.05, 3.63) is 107 Å². The number of hydrogen-bond donors (Lipinski definition) is 1. The predicted molar refractivity (Wildman–Crippen MR) is 202 cm³/mol. The van der Waals surface area contributed by atoms with Crippen molar-refractivity contribution < 1.29 is 4.39 Å². The Morgan fingerprint density at radius 2 is 1.04 bits per heavy atom. The van der Waals surface area contributed by atoms with Crippen molar-refractivity contribution in [3.8, 4) is 33.6 Å². The van der Waals surface area contributed by atoms with Crippen LogP contribution in [0.25, 0.3) is 55.4 Å². The number of H-pyrrole nitrogens is 1. The summed E-state index contributed by atoms with van der Waals surface area (Å²) in [6.45, 7) is 27.2. The van der Waals surface area contributed by atoms with Crippen molar-refractivity contribution in [3.63, 3.8) is 0 Å². The van der Waals surface area contributed by atoms with E-state index in [4.69, 9.17) is 4.98 Å². The molecule has 0 aliphatic rings. The van der Waals surface area contributed by atoms with Crippen LogP contribution in [0.4, 0.5) is 4.39 Å². The summed E-state index contributed by atoms with van der Waals surface area (Å²) in [4.78, 5) is 13.1. The number of nitrogens with zero attached hydrogens (tertiary/aromatic N) is 2. The third kappa shape index (κ3) is 6.18. The summed E-state index contributed by atoms with van der Waals surface area (Å²) in [7, 11) is 0. The van der Waals surface area contributed by atoms with Crippen molar-refractivity contribution in [2.75, 3.05) is 0 Å². The fraction of sp³-hybridized carbons (Fsp3) is 0.364. The summed E-state index contributed by atoms with van der Waals surface area (Å²) < 4.78 is 14.7. The third-order valence-electron chi connectivity index (χ3n) is 9.54. The highest BCUT2D eigenvalue weighted by Crippen LogP contribution is 2.47. The average molecular weight is 640 g/mol. The topological polar surface area (TPSA) is 41.6 Å². The second-order valence-electron chi connectivity index (χ2n) is 17.5. The SMILES string of the molecule is CC(C)(C)c1cc(-c2ccccn2)c2[nH]c3c(-c4cc(-c5cccc(F)n5)c(C(C)(C)C)cc4C(C)(C)C)cc(C(C)(C)C)cc3c2c1. The number of halogens is 1. The maximum atomic E-state index is 14.7. The highest BCUT2D eigenvalue weighted by molar-refractivity contribution is 6.16. The lowest BCUT2D eigenvalue weighted by Crippen LogP contribution is -2.19. The maximum absolute atomic E-state index is 14.7. The summed E-state index contributed by atoms with van der Waals surface area (Å²) >= 11 is 0. The molecule has 248 valence electrons. The molecule has 4 heteroatoms. The van der Waals surface area contributed by atoms with Gasteiger partial charge in [0.25, 0.3) is 0 Å². The van der Waals surface area contributed by atoms with Gasteiger partial charge in [0, 0.05) is 33.7 Å². The minimum Gasteiger partial charge on any atom is -0.353 e. The Morgan fingerprint density at radius 1 is 0.500 bits per heavy atom. The maximum Gasteiger partial charge on any atom is 0.213 e. The van der Waals surface area contributed by atoms with Crippen molar-refractivity contribution >= 4 is 21.8 Å². The highest BCUT2D eigenvalue weighted by atomic mass is 19.1. The zero-order valence-corrected chi connectivity index (χ0v) is 30.8. The number of pyridine rings is 2. The number of fused-ring (bicyclic) bond motifs is 3. The molecule has 0 unspecified atom stereocenters. The second kappa shape index (κ2) is 11.4. The molecule has 1 N–H and O–H groups in total. The molecule has 0 aliphatic carbocycles. The van der Waals surface area contributed by atoms with Gasteiger partial charge in [-0.2, -0.15) is 4.39 Å². The number of aromatic amines is 1. The van der Waals surface area contributed by atoms with Gasteiger partial charge in [-0.3, -0.25) is 4.98 Å². The molecule has 0 amide bonds. The number of benzene rings is 3. The van der Waals surface area contributed by atoms with E-state index in [0.717, 1.165) is 44.5 Å². The first-order valence-corrected chi connectivity index (χ1v) is 17.1. The van der Waals surface area contributed by atoms with Crippen LogP contribution in [0.3, 0.4) is 0 Å². The van der Waals surface area contributed by atoms with Gasteiger partial charge >= 0.3 is 0 Å². The Bertz CT molecular complexity index is 2160. The summed E-state index contributed by atoms with van der Waals surface area (Å²) in [6.07, 6.45) is 1.87. The molecule has 0 saturated heterocycles. The molecule has 0 saturated carbocycles. The molecule has 0 atom stereocenters. The van der Waals surface area contributed by atoms with Gasteiger partial charge in [0.1, 0.15) is 0 Å². The van der Waals surface area contributed by atoms with E-state index in [1.54, 1.807) is 6.07 Å². The van der Waals surface area contributed by atoms with E-state index < -0.39 is 5.95 Å². The molecule has 3 nitrogen and oxygen atoms in total. The quantitative estimate of drug-likeness (QED) is 0.196. The second-order valence-corrected chi connectivity index (χ2v) is 17.5. The Kier molecular flexibility index (Phi) is 7.97. The molecule has 0 aliphatic heterocycles. The lowest BCUT2D eigenvalue weighted by atomic mass is 9.74. The molecule has 6 rings (SSSR count). The van der Waals surface area contributed by atoms with Crippen LogP contribution in [0.5, 0.6) is 0 Å². The molecule has 0 fully saturated rings. The minimum absolute atomic E-state index is 0.0547. The van der Waals surface area contributed by atoms with E-state index in [0.29, 0.717) is 5.69 Å². The monoisotopic (exact) mass is 639 g/mol. The molecule has 0 bridgehead atoms. The van der Waals surface area contributed by atoms with Crippen LogP contribution < -0.4 is 0 Å². The lowest BCUT2D eigenvalue weighted by Gasteiger charge is -2.31. The Hall–Kier alpha value is -4.31. The van der Waals surface area contributed by atoms with E-state index >= 15 is 0 Å². The first kappa shape index (κ1) is 33.6. The van der Waals surface area contributed by atoms with Crippen molar-refractivity contribution in [2.24, 2.45) is 0 Å². The van der Waals surface area contributed by atoms with Gasteiger partial charge in [0.2, 0.25) is 5.95 Å². The van der Waals surface area contributed by atoms with Gasteiger partial charge in [0.15, 0.2) is 0 Å². The first-order chi connectivity index (χ1) is 22.2. The Labute approximate surface area is 286 Å². The molecule has 3 aromatic carbocycles. The molecule has 48 heavy (non-hydrogen) atoms. The zero-order chi connectivity index (χ0) is 35.0. The molecule has 3 heterocycles. The predicted octanol–water partition coefficient (Wildman–Crippen LogP) is 12.4. The number of nitrogens with one attached hydrogen (secondary N) is 1. The van der Waals surface area contributed by atoms with Crippen LogP contribution in [0.15, 0.2) is 79.0 Å². The number of rotatable bonds is 3. The summed E-state index contributed by atoms with van der Waals surface area (Å²) in [5.74, 6) is -0.474. The summed E-state index contributed by atoms with van der Waals surface area (Å²) in [6, 6.07) is 25.2. The van der Waals surface area contributed by atoms with Crippen LogP contribution in [-0.4, -0.2) is 15.0 Å². The average Bonchev–Trinajstić information content (AvgIpc) is 3.37. The van der Waals surface area contributed by atoms with E-state index in [9.17, 15) is 4.39 Å².